The zero-order chi connectivity index (χ0) is 13.5. The van der Waals surface area contributed by atoms with E-state index >= 15 is 0 Å². The van der Waals surface area contributed by atoms with Gasteiger partial charge in [-0.05, 0) is 51.1 Å². The molecule has 1 fully saturated rings. The van der Waals surface area contributed by atoms with Crippen LogP contribution in [0.2, 0.25) is 0 Å². The first-order valence-corrected chi connectivity index (χ1v) is 6.62. The normalized spacial score (nSPS) is 23.2. The Kier molecular flexibility index (Phi) is 6.30. The standard InChI is InChI=1S/C13H17FO.C2H7N/c1-9-6-7-10(8-12(9)14)11-4-2-3-5-13(11)15;1-3-2/h6-8,11,13,15H,2-5H2,1H3;3H,1-2H3. The van der Waals surface area contributed by atoms with E-state index in [-0.39, 0.29) is 17.8 Å². The van der Waals surface area contributed by atoms with Gasteiger partial charge < -0.3 is 10.4 Å². The van der Waals surface area contributed by atoms with Crippen LogP contribution >= 0.6 is 0 Å². The Labute approximate surface area is 109 Å². The number of halogens is 1. The minimum Gasteiger partial charge on any atom is -0.392 e. The molecule has 0 bridgehead atoms. The Hall–Kier alpha value is -0.930. The van der Waals surface area contributed by atoms with Gasteiger partial charge in [0.2, 0.25) is 0 Å². The molecule has 0 saturated heterocycles. The third kappa shape index (κ3) is 4.07. The molecule has 1 aromatic carbocycles. The zero-order valence-corrected chi connectivity index (χ0v) is 11.5. The van der Waals surface area contributed by atoms with Crippen molar-refractivity contribution in [1.82, 2.24) is 5.32 Å². The largest absolute Gasteiger partial charge is 0.392 e. The van der Waals surface area contributed by atoms with Crippen molar-refractivity contribution < 1.29 is 9.50 Å². The Balaban J connectivity index is 0.000000492. The van der Waals surface area contributed by atoms with E-state index in [1.54, 1.807) is 19.1 Å². The molecule has 2 N–H and O–H groups in total. The average Bonchev–Trinajstić information content (AvgIpc) is 2.34. The molecule has 1 aliphatic carbocycles. The Bertz CT molecular complexity index is 368. The molecule has 0 amide bonds. The van der Waals surface area contributed by atoms with Crippen molar-refractivity contribution in [2.75, 3.05) is 14.1 Å². The monoisotopic (exact) mass is 253 g/mol. The molecule has 0 heterocycles. The predicted octanol–water partition coefficient (Wildman–Crippen LogP) is 2.99. The van der Waals surface area contributed by atoms with Crippen molar-refractivity contribution in [2.45, 2.75) is 44.6 Å². The van der Waals surface area contributed by atoms with Crippen LogP contribution in [0.25, 0.3) is 0 Å². The Morgan fingerprint density at radius 1 is 1.22 bits per heavy atom. The van der Waals surface area contributed by atoms with Gasteiger partial charge in [0.25, 0.3) is 0 Å². The molecule has 1 aliphatic rings. The second-order valence-corrected chi connectivity index (χ2v) is 4.97. The first-order chi connectivity index (χ1) is 8.60. The Morgan fingerprint density at radius 3 is 2.39 bits per heavy atom. The van der Waals surface area contributed by atoms with Gasteiger partial charge in [-0.2, -0.15) is 0 Å². The van der Waals surface area contributed by atoms with E-state index in [2.05, 4.69) is 5.32 Å². The lowest BCUT2D eigenvalue weighted by molar-refractivity contribution is 0.106. The van der Waals surface area contributed by atoms with E-state index < -0.39 is 0 Å². The first-order valence-electron chi connectivity index (χ1n) is 6.62. The molecule has 0 aliphatic heterocycles. The molecule has 2 rings (SSSR count). The zero-order valence-electron chi connectivity index (χ0n) is 11.5. The minimum atomic E-state index is -0.291. The highest BCUT2D eigenvalue weighted by molar-refractivity contribution is 5.27. The molecule has 2 atom stereocenters. The number of nitrogens with one attached hydrogen (secondary N) is 1. The number of aliphatic hydroxyl groups is 1. The van der Waals surface area contributed by atoms with E-state index in [4.69, 9.17) is 0 Å². The fraction of sp³-hybridized carbons (Fsp3) is 0.600. The van der Waals surface area contributed by atoms with Crippen LogP contribution in [-0.2, 0) is 0 Å². The number of hydrogen-bond donors (Lipinski definition) is 2. The smallest absolute Gasteiger partial charge is 0.126 e. The van der Waals surface area contributed by atoms with Crippen LogP contribution in [0.4, 0.5) is 4.39 Å². The van der Waals surface area contributed by atoms with Gasteiger partial charge in [-0.1, -0.05) is 25.0 Å². The van der Waals surface area contributed by atoms with Crippen LogP contribution in [0.15, 0.2) is 18.2 Å². The van der Waals surface area contributed by atoms with Crippen LogP contribution in [0.3, 0.4) is 0 Å². The number of hydrogen-bond acceptors (Lipinski definition) is 2. The predicted molar refractivity (Wildman–Crippen MR) is 73.3 cm³/mol. The lowest BCUT2D eigenvalue weighted by Crippen LogP contribution is -2.22. The summed E-state index contributed by atoms with van der Waals surface area (Å²) in [4.78, 5) is 0. The average molecular weight is 253 g/mol. The summed E-state index contributed by atoms with van der Waals surface area (Å²) in [6.45, 7) is 1.76. The third-order valence-corrected chi connectivity index (χ3v) is 3.35. The van der Waals surface area contributed by atoms with E-state index in [0.29, 0.717) is 5.56 Å². The SMILES string of the molecule is CNC.Cc1ccc(C2CCCCC2O)cc1F. The fourth-order valence-corrected chi connectivity index (χ4v) is 2.34. The van der Waals surface area contributed by atoms with E-state index in [1.807, 2.05) is 20.2 Å². The second kappa shape index (κ2) is 7.49. The molecule has 102 valence electrons. The van der Waals surface area contributed by atoms with E-state index in [9.17, 15) is 9.50 Å². The van der Waals surface area contributed by atoms with Gasteiger partial charge in [0.1, 0.15) is 5.82 Å². The van der Waals surface area contributed by atoms with E-state index in [0.717, 1.165) is 31.2 Å². The topological polar surface area (TPSA) is 32.3 Å². The summed E-state index contributed by atoms with van der Waals surface area (Å²) in [6, 6.07) is 5.32. The molecule has 1 aromatic rings. The molecule has 0 spiro atoms. The number of benzene rings is 1. The van der Waals surface area contributed by atoms with Crippen LogP contribution in [0.1, 0.15) is 42.7 Å². The van der Waals surface area contributed by atoms with Crippen LogP contribution in [0, 0.1) is 12.7 Å². The molecule has 0 radical (unpaired) electrons. The van der Waals surface area contributed by atoms with Crippen LogP contribution in [-0.4, -0.2) is 25.3 Å². The first kappa shape index (κ1) is 15.1. The fourth-order valence-electron chi connectivity index (χ4n) is 2.34. The van der Waals surface area contributed by atoms with Gasteiger partial charge in [-0.3, -0.25) is 0 Å². The lowest BCUT2D eigenvalue weighted by atomic mass is 9.81. The molecule has 2 unspecified atom stereocenters. The summed E-state index contributed by atoms with van der Waals surface area (Å²) in [5.41, 5.74) is 1.62. The molecular weight excluding hydrogens is 229 g/mol. The third-order valence-electron chi connectivity index (χ3n) is 3.35. The van der Waals surface area contributed by atoms with Crippen molar-refractivity contribution in [2.24, 2.45) is 0 Å². The lowest BCUT2D eigenvalue weighted by Gasteiger charge is -2.28. The molecule has 1 saturated carbocycles. The van der Waals surface area contributed by atoms with E-state index in [1.165, 1.54) is 0 Å². The van der Waals surface area contributed by atoms with Crippen molar-refractivity contribution in [3.8, 4) is 0 Å². The van der Waals surface area contributed by atoms with Gasteiger partial charge in [0.15, 0.2) is 0 Å². The maximum Gasteiger partial charge on any atom is 0.126 e. The summed E-state index contributed by atoms with van der Waals surface area (Å²) in [5.74, 6) is -0.0286. The second-order valence-electron chi connectivity index (χ2n) is 4.97. The van der Waals surface area contributed by atoms with Crippen LogP contribution < -0.4 is 5.32 Å². The molecule has 18 heavy (non-hydrogen) atoms. The highest BCUT2D eigenvalue weighted by Gasteiger charge is 2.24. The molecule has 2 nitrogen and oxygen atoms in total. The van der Waals surface area contributed by atoms with Gasteiger partial charge >= 0.3 is 0 Å². The van der Waals surface area contributed by atoms with Gasteiger partial charge in [-0.25, -0.2) is 4.39 Å². The number of rotatable bonds is 1. The minimum absolute atomic E-state index is 0.133. The summed E-state index contributed by atoms with van der Waals surface area (Å²) in [7, 11) is 3.75. The van der Waals surface area contributed by atoms with Crippen molar-refractivity contribution in [1.29, 1.82) is 0 Å². The summed E-state index contributed by atoms with van der Waals surface area (Å²) in [6.07, 6.45) is 3.76. The Morgan fingerprint density at radius 2 is 1.83 bits per heavy atom. The van der Waals surface area contributed by atoms with Crippen molar-refractivity contribution >= 4 is 0 Å². The van der Waals surface area contributed by atoms with Gasteiger partial charge in [0, 0.05) is 5.92 Å². The maximum atomic E-state index is 13.4. The van der Waals surface area contributed by atoms with Crippen molar-refractivity contribution in [3.05, 3.63) is 35.1 Å². The van der Waals surface area contributed by atoms with Crippen LogP contribution in [0.5, 0.6) is 0 Å². The highest BCUT2D eigenvalue weighted by atomic mass is 19.1. The molecule has 0 aromatic heterocycles. The summed E-state index contributed by atoms with van der Waals surface area (Å²) < 4.78 is 13.4. The molecule has 3 heteroatoms. The molecular formula is C15H24FNO. The van der Waals surface area contributed by atoms with Gasteiger partial charge in [-0.15, -0.1) is 0 Å². The van der Waals surface area contributed by atoms with Crippen molar-refractivity contribution in [3.63, 3.8) is 0 Å². The van der Waals surface area contributed by atoms with Gasteiger partial charge in [0.05, 0.1) is 6.10 Å². The summed E-state index contributed by atoms with van der Waals surface area (Å²) in [5, 5.41) is 12.6. The number of aliphatic hydroxyl groups excluding tert-OH is 1. The maximum absolute atomic E-state index is 13.4. The quantitative estimate of drug-likeness (QED) is 0.806. The summed E-state index contributed by atoms with van der Waals surface area (Å²) >= 11 is 0. The highest BCUT2D eigenvalue weighted by Crippen LogP contribution is 2.33. The number of aryl methyl sites for hydroxylation is 1.